The first-order valence-electron chi connectivity index (χ1n) is 6.35. The van der Waals surface area contributed by atoms with Gasteiger partial charge in [-0.2, -0.15) is 0 Å². The van der Waals surface area contributed by atoms with E-state index in [0.717, 1.165) is 10.0 Å². The van der Waals surface area contributed by atoms with E-state index in [4.69, 9.17) is 0 Å². The molecule has 1 aliphatic carbocycles. The molecule has 18 heavy (non-hydrogen) atoms. The van der Waals surface area contributed by atoms with Gasteiger partial charge in [0.15, 0.2) is 0 Å². The average molecular weight is 325 g/mol. The number of rotatable bonds is 3. The van der Waals surface area contributed by atoms with E-state index in [-0.39, 0.29) is 5.41 Å². The Hall–Kier alpha value is -0.383. The van der Waals surface area contributed by atoms with Crippen molar-refractivity contribution in [1.82, 2.24) is 0 Å². The lowest BCUT2D eigenvalue weighted by molar-refractivity contribution is 0.211. The van der Waals surface area contributed by atoms with Crippen molar-refractivity contribution in [3.63, 3.8) is 0 Å². The first-order valence-corrected chi connectivity index (χ1v) is 10.6. The number of hydrogen-bond donors (Lipinski definition) is 1. The molecule has 0 fully saturated rings. The highest BCUT2D eigenvalue weighted by molar-refractivity contribution is 9.10. The molecule has 0 saturated carbocycles. The van der Waals surface area contributed by atoms with Gasteiger partial charge >= 0.3 is 0 Å². The van der Waals surface area contributed by atoms with Gasteiger partial charge in [0.25, 0.3) is 0 Å². The lowest BCUT2D eigenvalue weighted by Gasteiger charge is -2.16. The largest absolute Gasteiger partial charge is 0.384 e. The molecule has 0 aromatic heterocycles. The van der Waals surface area contributed by atoms with Gasteiger partial charge in [-0.25, -0.2) is 0 Å². The number of benzene rings is 1. The number of hydrogen-bond acceptors (Lipinski definition) is 1. The third kappa shape index (κ3) is 2.36. The highest BCUT2D eigenvalue weighted by Crippen LogP contribution is 2.60. The van der Waals surface area contributed by atoms with E-state index in [1.807, 2.05) is 24.3 Å². The second-order valence-corrected chi connectivity index (χ2v) is 12.5. The average Bonchev–Trinajstić information content (AvgIpc) is 2.81. The summed E-state index contributed by atoms with van der Waals surface area (Å²) in [6.45, 7) is 11.5. The van der Waals surface area contributed by atoms with E-state index < -0.39 is 14.2 Å². The number of aliphatic hydroxyl groups is 1. The first kappa shape index (κ1) is 14.0. The molecule has 1 atom stereocenters. The van der Waals surface area contributed by atoms with Crippen LogP contribution in [-0.2, 0) is 0 Å². The van der Waals surface area contributed by atoms with Gasteiger partial charge in [0.05, 0.1) is 8.07 Å². The molecular weight excluding hydrogens is 304 g/mol. The molecule has 0 radical (unpaired) electrons. The molecule has 0 amide bonds. The molecule has 1 aromatic rings. The SMILES string of the molecule is CC1(C)C(C(O)c2ccc(Br)cc2)=C1[Si](C)(C)C. The maximum absolute atomic E-state index is 10.6. The van der Waals surface area contributed by atoms with Crippen molar-refractivity contribution in [2.45, 2.75) is 39.6 Å². The molecule has 3 heteroatoms. The lowest BCUT2D eigenvalue weighted by atomic mass is 9.99. The fourth-order valence-corrected chi connectivity index (χ4v) is 6.60. The predicted molar refractivity (Wildman–Crippen MR) is 83.3 cm³/mol. The minimum absolute atomic E-state index is 0.122. The summed E-state index contributed by atoms with van der Waals surface area (Å²) in [4.78, 5) is 0. The third-order valence-corrected chi connectivity index (χ3v) is 6.64. The Labute approximate surface area is 119 Å². The molecule has 2 rings (SSSR count). The summed E-state index contributed by atoms with van der Waals surface area (Å²) >= 11 is 3.43. The Morgan fingerprint density at radius 3 is 2.00 bits per heavy atom. The molecular formula is C15H21BrOSi. The van der Waals surface area contributed by atoms with Crippen molar-refractivity contribution in [2.75, 3.05) is 0 Å². The fraction of sp³-hybridized carbons (Fsp3) is 0.467. The monoisotopic (exact) mass is 324 g/mol. The Morgan fingerprint density at radius 1 is 1.11 bits per heavy atom. The molecule has 1 N–H and O–H groups in total. The summed E-state index contributed by atoms with van der Waals surface area (Å²) in [5.74, 6) is 0. The topological polar surface area (TPSA) is 20.2 Å². The number of allylic oxidation sites excluding steroid dienone is 1. The minimum Gasteiger partial charge on any atom is -0.384 e. The van der Waals surface area contributed by atoms with Crippen LogP contribution in [0.2, 0.25) is 19.6 Å². The third-order valence-electron chi connectivity index (χ3n) is 3.71. The fourth-order valence-electron chi connectivity index (χ4n) is 3.13. The van der Waals surface area contributed by atoms with Crippen molar-refractivity contribution in [2.24, 2.45) is 5.41 Å². The van der Waals surface area contributed by atoms with Crippen molar-refractivity contribution >= 4 is 24.0 Å². The van der Waals surface area contributed by atoms with Crippen LogP contribution in [0.1, 0.15) is 25.5 Å². The maximum Gasteiger partial charge on any atom is 0.101 e. The van der Waals surface area contributed by atoms with Gasteiger partial charge < -0.3 is 5.11 Å². The highest BCUT2D eigenvalue weighted by atomic mass is 79.9. The Bertz CT molecular complexity index is 494. The van der Waals surface area contributed by atoms with Gasteiger partial charge in [-0.3, -0.25) is 0 Å². The van der Waals surface area contributed by atoms with Gasteiger partial charge in [0, 0.05) is 9.89 Å². The minimum atomic E-state index is -1.32. The van der Waals surface area contributed by atoms with Crippen LogP contribution < -0.4 is 0 Å². The van der Waals surface area contributed by atoms with Crippen molar-refractivity contribution in [3.8, 4) is 0 Å². The molecule has 1 aromatic carbocycles. The summed E-state index contributed by atoms with van der Waals surface area (Å²) in [5, 5.41) is 12.1. The van der Waals surface area contributed by atoms with Crippen molar-refractivity contribution in [3.05, 3.63) is 45.1 Å². The van der Waals surface area contributed by atoms with Crippen LogP contribution >= 0.6 is 15.9 Å². The van der Waals surface area contributed by atoms with E-state index in [1.54, 1.807) is 0 Å². The highest BCUT2D eigenvalue weighted by Gasteiger charge is 2.53. The van der Waals surface area contributed by atoms with Crippen LogP contribution in [0.25, 0.3) is 0 Å². The standard InChI is InChI=1S/C15H21BrOSi/c1-15(2)12(14(15)18(3,4)5)13(17)10-6-8-11(16)9-7-10/h6-9,13,17H,1-5H3. The van der Waals surface area contributed by atoms with Crippen LogP contribution in [-0.4, -0.2) is 13.2 Å². The summed E-state index contributed by atoms with van der Waals surface area (Å²) in [5.41, 5.74) is 2.37. The van der Waals surface area contributed by atoms with Crippen molar-refractivity contribution in [1.29, 1.82) is 0 Å². The Kier molecular flexibility index (Phi) is 3.37. The van der Waals surface area contributed by atoms with Crippen LogP contribution in [0, 0.1) is 5.41 Å². The Balaban J connectivity index is 2.33. The smallest absolute Gasteiger partial charge is 0.101 e. The molecule has 1 unspecified atom stereocenters. The predicted octanol–water partition coefficient (Wildman–Crippen LogP) is 4.70. The van der Waals surface area contributed by atoms with E-state index in [2.05, 4.69) is 49.4 Å². The molecule has 98 valence electrons. The summed E-state index contributed by atoms with van der Waals surface area (Å²) in [7, 11) is -1.32. The van der Waals surface area contributed by atoms with E-state index in [9.17, 15) is 5.11 Å². The van der Waals surface area contributed by atoms with Gasteiger partial charge in [0.1, 0.15) is 6.10 Å². The zero-order valence-electron chi connectivity index (χ0n) is 11.7. The molecule has 0 saturated heterocycles. The van der Waals surface area contributed by atoms with Crippen LogP contribution in [0.4, 0.5) is 0 Å². The molecule has 0 heterocycles. The number of aliphatic hydroxyl groups excluding tert-OH is 1. The van der Waals surface area contributed by atoms with Crippen molar-refractivity contribution < 1.29 is 5.11 Å². The second kappa shape index (κ2) is 4.32. The molecule has 1 nitrogen and oxygen atoms in total. The zero-order valence-corrected chi connectivity index (χ0v) is 14.3. The van der Waals surface area contributed by atoms with Crippen LogP contribution in [0.5, 0.6) is 0 Å². The van der Waals surface area contributed by atoms with Crippen LogP contribution in [0.3, 0.4) is 0 Å². The summed E-state index contributed by atoms with van der Waals surface area (Å²) in [6.07, 6.45) is -0.435. The molecule has 0 aliphatic heterocycles. The van der Waals surface area contributed by atoms with Gasteiger partial charge in [-0.15, -0.1) is 0 Å². The summed E-state index contributed by atoms with van der Waals surface area (Å²) < 4.78 is 1.05. The van der Waals surface area contributed by atoms with Gasteiger partial charge in [-0.1, -0.05) is 66.7 Å². The zero-order chi connectivity index (χ0) is 13.7. The maximum atomic E-state index is 10.6. The van der Waals surface area contributed by atoms with Gasteiger partial charge in [-0.05, 0) is 23.3 Å². The quantitative estimate of drug-likeness (QED) is 0.799. The molecule has 0 bridgehead atoms. The first-order chi connectivity index (χ1) is 8.15. The normalized spacial score (nSPS) is 19.9. The van der Waals surface area contributed by atoms with Gasteiger partial charge in [0.2, 0.25) is 0 Å². The second-order valence-electron chi connectivity index (χ2n) is 6.62. The summed E-state index contributed by atoms with van der Waals surface area (Å²) in [6, 6.07) is 7.97. The lowest BCUT2D eigenvalue weighted by Crippen LogP contribution is -2.22. The molecule has 0 spiro atoms. The number of halogens is 1. The Morgan fingerprint density at radius 2 is 1.61 bits per heavy atom. The molecule has 1 aliphatic rings. The van der Waals surface area contributed by atoms with Crippen LogP contribution in [0.15, 0.2) is 39.5 Å². The van der Waals surface area contributed by atoms with E-state index >= 15 is 0 Å². The van der Waals surface area contributed by atoms with E-state index in [1.165, 1.54) is 10.8 Å². The van der Waals surface area contributed by atoms with E-state index in [0.29, 0.717) is 0 Å².